The summed E-state index contributed by atoms with van der Waals surface area (Å²) >= 11 is 0. The molecule has 0 spiro atoms. The number of aliphatic carboxylic acids is 1. The van der Waals surface area contributed by atoms with E-state index in [0.717, 1.165) is 5.56 Å². The van der Waals surface area contributed by atoms with Gasteiger partial charge in [0.25, 0.3) is 0 Å². The van der Waals surface area contributed by atoms with E-state index in [2.05, 4.69) is 5.32 Å². The van der Waals surface area contributed by atoms with Crippen LogP contribution in [0.1, 0.15) is 64.9 Å². The highest BCUT2D eigenvalue weighted by Gasteiger charge is 2.45. The maximum atomic E-state index is 13.9. The summed E-state index contributed by atoms with van der Waals surface area (Å²) in [6.07, 6.45) is 2.59. The number of rotatable bonds is 3. The van der Waals surface area contributed by atoms with Crippen molar-refractivity contribution in [3.63, 3.8) is 0 Å². The molecule has 2 N–H and O–H groups in total. The zero-order valence-corrected chi connectivity index (χ0v) is 23.0. The molecule has 1 aliphatic carbocycles. The lowest BCUT2D eigenvalue weighted by Gasteiger charge is -2.36. The SMILES string of the molecule is CC(C)(C)OC(=O)C1CCC([C@@H]2NC(=O)Cc3cccc(c3)OCCCO[C@@H]3C[C@@H](C(=O)O)N(C3)C2=O)CC1. The number of nitrogens with zero attached hydrogens (tertiary/aromatic N) is 1. The van der Waals surface area contributed by atoms with E-state index >= 15 is 0 Å². The maximum absolute atomic E-state index is 13.9. The van der Waals surface area contributed by atoms with E-state index in [1.54, 1.807) is 0 Å². The third-order valence-electron chi connectivity index (χ3n) is 7.57. The Balaban J connectivity index is 1.55. The maximum Gasteiger partial charge on any atom is 0.326 e. The number of hydrogen-bond donors (Lipinski definition) is 2. The van der Waals surface area contributed by atoms with Gasteiger partial charge in [-0.15, -0.1) is 0 Å². The van der Waals surface area contributed by atoms with Gasteiger partial charge in [0.15, 0.2) is 0 Å². The fourth-order valence-electron chi connectivity index (χ4n) is 5.68. The molecule has 39 heavy (non-hydrogen) atoms. The Bertz CT molecular complexity index is 1060. The third kappa shape index (κ3) is 7.71. The van der Waals surface area contributed by atoms with E-state index in [1.165, 1.54) is 4.90 Å². The molecule has 4 bridgehead atoms. The Morgan fingerprint density at radius 3 is 2.54 bits per heavy atom. The van der Waals surface area contributed by atoms with Crippen molar-refractivity contribution < 1.29 is 38.5 Å². The van der Waals surface area contributed by atoms with Crippen LogP contribution in [-0.2, 0) is 35.1 Å². The summed E-state index contributed by atoms with van der Waals surface area (Å²) in [6, 6.07) is 5.36. The molecule has 1 aromatic carbocycles. The topological polar surface area (TPSA) is 131 Å². The van der Waals surface area contributed by atoms with Gasteiger partial charge in [0.05, 0.1) is 31.7 Å². The lowest BCUT2D eigenvalue weighted by Crippen LogP contribution is -2.55. The molecule has 1 saturated carbocycles. The Kier molecular flexibility index (Phi) is 9.15. The van der Waals surface area contributed by atoms with Crippen molar-refractivity contribution in [2.24, 2.45) is 11.8 Å². The Morgan fingerprint density at radius 1 is 1.10 bits per heavy atom. The van der Waals surface area contributed by atoms with Crippen LogP contribution >= 0.6 is 0 Å². The lowest BCUT2D eigenvalue weighted by molar-refractivity contribution is -0.161. The van der Waals surface area contributed by atoms with Gasteiger partial charge < -0.3 is 29.5 Å². The zero-order valence-electron chi connectivity index (χ0n) is 23.0. The number of ether oxygens (including phenoxy) is 3. The van der Waals surface area contributed by atoms with Gasteiger partial charge in [-0.1, -0.05) is 12.1 Å². The van der Waals surface area contributed by atoms with E-state index in [-0.39, 0.29) is 43.1 Å². The van der Waals surface area contributed by atoms with Crippen molar-refractivity contribution in [1.82, 2.24) is 10.2 Å². The number of carboxylic acid groups (broad SMARTS) is 1. The van der Waals surface area contributed by atoms with E-state index in [0.29, 0.717) is 51.1 Å². The summed E-state index contributed by atoms with van der Waals surface area (Å²) in [4.78, 5) is 53.2. The lowest BCUT2D eigenvalue weighted by atomic mass is 9.78. The summed E-state index contributed by atoms with van der Waals surface area (Å²) < 4.78 is 17.3. The molecule has 1 saturated heterocycles. The van der Waals surface area contributed by atoms with Crippen molar-refractivity contribution in [3.8, 4) is 5.75 Å². The molecule has 0 radical (unpaired) electrons. The summed E-state index contributed by atoms with van der Waals surface area (Å²) in [6.45, 7) is 6.44. The molecule has 0 unspecified atom stereocenters. The molecule has 1 aromatic rings. The van der Waals surface area contributed by atoms with Crippen molar-refractivity contribution in [3.05, 3.63) is 29.8 Å². The number of benzene rings is 1. The number of amides is 2. The standard InChI is InChI=1S/C29H40N2O8/c1-29(2,3)39-28(36)20-10-8-19(9-11-20)25-26(33)31-17-22(16-23(31)27(34)35)38-13-5-12-37-21-7-4-6-18(14-21)15-24(32)30-25/h4,6-7,14,19-20,22-23,25H,5,8-13,15-17H2,1-3H3,(H,30,32)(H,34,35)/t19?,20?,22-,23+,25+/m1/s1. The third-order valence-corrected chi connectivity index (χ3v) is 7.57. The Labute approximate surface area is 229 Å². The molecule has 3 atom stereocenters. The van der Waals surface area contributed by atoms with Crippen LogP contribution in [0.4, 0.5) is 0 Å². The second kappa shape index (κ2) is 12.4. The molecule has 10 heteroatoms. The number of esters is 1. The molecule has 2 amide bonds. The predicted molar refractivity (Wildman–Crippen MR) is 141 cm³/mol. The fourth-order valence-corrected chi connectivity index (χ4v) is 5.68. The predicted octanol–water partition coefficient (Wildman–Crippen LogP) is 2.72. The number of nitrogens with one attached hydrogen (secondary N) is 1. The molecule has 10 nitrogen and oxygen atoms in total. The molecule has 3 aliphatic rings. The first-order chi connectivity index (χ1) is 18.5. The van der Waals surface area contributed by atoms with Gasteiger partial charge in [0.2, 0.25) is 11.8 Å². The number of carbonyl (C=O) groups is 4. The number of hydrogen-bond acceptors (Lipinski definition) is 7. The largest absolute Gasteiger partial charge is 0.493 e. The van der Waals surface area contributed by atoms with Gasteiger partial charge in [0, 0.05) is 19.4 Å². The van der Waals surface area contributed by atoms with Gasteiger partial charge in [0.1, 0.15) is 23.4 Å². The van der Waals surface area contributed by atoms with E-state index in [4.69, 9.17) is 14.2 Å². The van der Waals surface area contributed by atoms with Crippen LogP contribution in [0.2, 0.25) is 0 Å². The summed E-state index contributed by atoms with van der Waals surface area (Å²) in [5.74, 6) is -1.93. The van der Waals surface area contributed by atoms with Crippen molar-refractivity contribution in [2.45, 2.75) is 89.5 Å². The average Bonchev–Trinajstić information content (AvgIpc) is 3.30. The van der Waals surface area contributed by atoms with Crippen molar-refractivity contribution in [2.75, 3.05) is 19.8 Å². The van der Waals surface area contributed by atoms with Crippen LogP contribution in [0, 0.1) is 11.8 Å². The van der Waals surface area contributed by atoms with Gasteiger partial charge in [-0.3, -0.25) is 14.4 Å². The van der Waals surface area contributed by atoms with Crippen LogP contribution in [0.5, 0.6) is 5.75 Å². The molecule has 214 valence electrons. The molecule has 0 aromatic heterocycles. The van der Waals surface area contributed by atoms with E-state index in [1.807, 2.05) is 45.0 Å². The van der Waals surface area contributed by atoms with Gasteiger partial charge in [-0.2, -0.15) is 0 Å². The Morgan fingerprint density at radius 2 is 1.85 bits per heavy atom. The highest BCUT2D eigenvalue weighted by Crippen LogP contribution is 2.34. The molecule has 2 aliphatic heterocycles. The minimum absolute atomic E-state index is 0.0579. The summed E-state index contributed by atoms with van der Waals surface area (Å²) in [7, 11) is 0. The summed E-state index contributed by atoms with van der Waals surface area (Å²) in [5, 5.41) is 12.8. The van der Waals surface area contributed by atoms with Crippen molar-refractivity contribution in [1.29, 1.82) is 0 Å². The minimum atomic E-state index is -1.09. The highest BCUT2D eigenvalue weighted by atomic mass is 16.6. The number of carbonyl (C=O) groups excluding carboxylic acids is 3. The fraction of sp³-hybridized carbons (Fsp3) is 0.655. The molecular weight excluding hydrogens is 504 g/mol. The van der Waals surface area contributed by atoms with Crippen LogP contribution in [0.25, 0.3) is 0 Å². The van der Waals surface area contributed by atoms with Gasteiger partial charge >= 0.3 is 11.9 Å². The van der Waals surface area contributed by atoms with Crippen LogP contribution in [0.15, 0.2) is 24.3 Å². The quantitative estimate of drug-likeness (QED) is 0.556. The molecule has 4 rings (SSSR count). The average molecular weight is 545 g/mol. The zero-order chi connectivity index (χ0) is 28.2. The monoisotopic (exact) mass is 544 g/mol. The normalized spacial score (nSPS) is 28.8. The second-order valence-corrected chi connectivity index (χ2v) is 11.8. The van der Waals surface area contributed by atoms with Crippen LogP contribution in [0.3, 0.4) is 0 Å². The molecule has 2 heterocycles. The van der Waals surface area contributed by atoms with Gasteiger partial charge in [-0.25, -0.2) is 4.79 Å². The second-order valence-electron chi connectivity index (χ2n) is 11.8. The van der Waals surface area contributed by atoms with Gasteiger partial charge in [-0.05, 0) is 70.1 Å². The molecule has 2 fully saturated rings. The van der Waals surface area contributed by atoms with Crippen LogP contribution in [-0.4, -0.2) is 77.3 Å². The van der Waals surface area contributed by atoms with E-state index in [9.17, 15) is 24.3 Å². The van der Waals surface area contributed by atoms with E-state index < -0.39 is 35.7 Å². The summed E-state index contributed by atoms with van der Waals surface area (Å²) in [5.41, 5.74) is 0.168. The van der Waals surface area contributed by atoms with Crippen molar-refractivity contribution >= 4 is 23.8 Å². The number of carboxylic acids is 1. The van der Waals surface area contributed by atoms with Crippen LogP contribution < -0.4 is 10.1 Å². The number of fused-ring (bicyclic) bond motifs is 4. The first-order valence-corrected chi connectivity index (χ1v) is 13.9. The molecular formula is C29H40N2O8. The minimum Gasteiger partial charge on any atom is -0.493 e. The Hall–Kier alpha value is -3.14. The highest BCUT2D eigenvalue weighted by molar-refractivity contribution is 5.91. The smallest absolute Gasteiger partial charge is 0.326 e. The first-order valence-electron chi connectivity index (χ1n) is 13.9. The first kappa shape index (κ1) is 28.9.